The van der Waals surface area contributed by atoms with Crippen molar-refractivity contribution in [1.29, 1.82) is 0 Å². The Morgan fingerprint density at radius 3 is 2.45 bits per heavy atom. The number of nitrogens with zero attached hydrogens (tertiary/aromatic N) is 2. The number of aromatic nitrogens is 2. The first kappa shape index (κ1) is 12.6. The summed E-state index contributed by atoms with van der Waals surface area (Å²) in [6.07, 6.45) is 4.22. The molecule has 0 spiro atoms. The van der Waals surface area contributed by atoms with Crippen LogP contribution in [0, 0.1) is 13.8 Å². The minimum absolute atomic E-state index is 0.780. The molecule has 0 atom stereocenters. The maximum atomic E-state index is 5.22. The van der Waals surface area contributed by atoms with Gasteiger partial charge in [-0.15, -0.1) is 0 Å². The van der Waals surface area contributed by atoms with Gasteiger partial charge in [-0.05, 0) is 25.5 Å². The summed E-state index contributed by atoms with van der Waals surface area (Å²) in [5, 5.41) is 4.00. The van der Waals surface area contributed by atoms with Gasteiger partial charge in [0, 0.05) is 11.6 Å². The summed E-state index contributed by atoms with van der Waals surface area (Å²) in [5.41, 5.74) is 4.54. The van der Waals surface area contributed by atoms with E-state index in [0.717, 1.165) is 23.6 Å². The van der Waals surface area contributed by atoms with Gasteiger partial charge in [-0.25, -0.2) is 0 Å². The van der Waals surface area contributed by atoms with Crippen molar-refractivity contribution >= 4 is 0 Å². The second kappa shape index (κ2) is 5.29. The predicted molar refractivity (Wildman–Crippen MR) is 77.2 cm³/mol. The van der Waals surface area contributed by atoms with E-state index in [2.05, 4.69) is 58.5 Å². The molecule has 2 heterocycles. The summed E-state index contributed by atoms with van der Waals surface area (Å²) in [6, 6.07) is 14.6. The van der Waals surface area contributed by atoms with Crippen molar-refractivity contribution < 1.29 is 9.09 Å². The van der Waals surface area contributed by atoms with Gasteiger partial charge in [0.25, 0.3) is 0 Å². The molecule has 0 unspecified atom stereocenters. The van der Waals surface area contributed by atoms with Crippen LogP contribution in [0.25, 0.3) is 11.1 Å². The van der Waals surface area contributed by atoms with E-state index >= 15 is 0 Å². The van der Waals surface area contributed by atoms with Crippen molar-refractivity contribution in [3.05, 3.63) is 71.9 Å². The molecule has 20 heavy (non-hydrogen) atoms. The Kier molecular flexibility index (Phi) is 3.33. The van der Waals surface area contributed by atoms with E-state index in [4.69, 9.17) is 4.52 Å². The predicted octanol–water partition coefficient (Wildman–Crippen LogP) is 3.29. The minimum Gasteiger partial charge on any atom is -0.361 e. The number of pyridine rings is 1. The fourth-order valence-corrected chi connectivity index (χ4v) is 2.33. The molecule has 0 bridgehead atoms. The highest BCUT2D eigenvalue weighted by atomic mass is 16.5. The first-order chi connectivity index (χ1) is 9.74. The van der Waals surface area contributed by atoms with Crippen molar-refractivity contribution in [2.24, 2.45) is 0 Å². The van der Waals surface area contributed by atoms with Crippen molar-refractivity contribution in [3.8, 4) is 11.1 Å². The average Bonchev–Trinajstić information content (AvgIpc) is 2.80. The lowest BCUT2D eigenvalue weighted by molar-refractivity contribution is -0.688. The van der Waals surface area contributed by atoms with E-state index in [1.54, 1.807) is 0 Å². The van der Waals surface area contributed by atoms with Crippen LogP contribution in [-0.4, -0.2) is 5.16 Å². The summed E-state index contributed by atoms with van der Waals surface area (Å²) in [4.78, 5) is 0. The highest BCUT2D eigenvalue weighted by molar-refractivity contribution is 5.61. The molecule has 100 valence electrons. The Bertz CT molecular complexity index is 697. The van der Waals surface area contributed by atoms with Gasteiger partial charge in [0.2, 0.25) is 0 Å². The van der Waals surface area contributed by atoms with Gasteiger partial charge in [0.05, 0.1) is 11.3 Å². The summed E-state index contributed by atoms with van der Waals surface area (Å²) >= 11 is 0. The van der Waals surface area contributed by atoms with Crippen molar-refractivity contribution in [2.75, 3.05) is 0 Å². The molecule has 0 saturated carbocycles. The van der Waals surface area contributed by atoms with Crippen LogP contribution in [0.5, 0.6) is 0 Å². The van der Waals surface area contributed by atoms with Gasteiger partial charge in [-0.2, -0.15) is 4.57 Å². The third kappa shape index (κ3) is 2.48. The number of hydrogen-bond donors (Lipinski definition) is 0. The molecule has 0 aliphatic heterocycles. The molecule has 3 nitrogen and oxygen atoms in total. The normalized spacial score (nSPS) is 10.7. The Hall–Kier alpha value is -2.42. The van der Waals surface area contributed by atoms with E-state index < -0.39 is 0 Å². The fraction of sp³-hybridized carbons (Fsp3) is 0.176. The van der Waals surface area contributed by atoms with Gasteiger partial charge in [0.1, 0.15) is 5.76 Å². The van der Waals surface area contributed by atoms with Crippen molar-refractivity contribution in [2.45, 2.75) is 20.4 Å². The maximum absolute atomic E-state index is 5.22. The van der Waals surface area contributed by atoms with Crippen LogP contribution in [0.4, 0.5) is 0 Å². The molecule has 2 aromatic heterocycles. The standard InChI is InChI=1S/C17H17N2O/c1-13-17(14(2)20-18-13)12-19-10-6-9-16(11-19)15-7-4-3-5-8-15/h3-11H,12H2,1-2H3/q+1. The molecule has 0 aliphatic carbocycles. The average molecular weight is 265 g/mol. The SMILES string of the molecule is Cc1noc(C)c1C[n+]1cccc(-c2ccccc2)c1. The first-order valence-electron chi connectivity index (χ1n) is 6.70. The largest absolute Gasteiger partial charge is 0.361 e. The van der Waals surface area contributed by atoms with E-state index in [0.29, 0.717) is 0 Å². The quantitative estimate of drug-likeness (QED) is 0.680. The Morgan fingerprint density at radius 1 is 1.00 bits per heavy atom. The molecule has 0 N–H and O–H groups in total. The molecule has 3 aromatic rings. The van der Waals surface area contributed by atoms with Gasteiger partial charge in [-0.3, -0.25) is 0 Å². The molecule has 3 heteroatoms. The molecular weight excluding hydrogens is 248 g/mol. The monoisotopic (exact) mass is 265 g/mol. The van der Waals surface area contributed by atoms with Gasteiger partial charge >= 0.3 is 0 Å². The molecule has 0 saturated heterocycles. The van der Waals surface area contributed by atoms with Crippen LogP contribution < -0.4 is 4.57 Å². The Balaban J connectivity index is 1.93. The lowest BCUT2D eigenvalue weighted by Gasteiger charge is -2.01. The second-order valence-corrected chi connectivity index (χ2v) is 4.93. The Morgan fingerprint density at radius 2 is 1.75 bits per heavy atom. The summed E-state index contributed by atoms with van der Waals surface area (Å²) in [6.45, 7) is 4.71. The molecule has 0 aliphatic rings. The summed E-state index contributed by atoms with van der Waals surface area (Å²) in [7, 11) is 0. The topological polar surface area (TPSA) is 29.9 Å². The zero-order valence-corrected chi connectivity index (χ0v) is 11.7. The third-order valence-electron chi connectivity index (χ3n) is 3.49. The number of benzene rings is 1. The smallest absolute Gasteiger partial charge is 0.179 e. The van der Waals surface area contributed by atoms with Gasteiger partial charge in [-0.1, -0.05) is 35.5 Å². The van der Waals surface area contributed by atoms with E-state index in [9.17, 15) is 0 Å². The lowest BCUT2D eigenvalue weighted by atomic mass is 10.1. The molecule has 0 fully saturated rings. The lowest BCUT2D eigenvalue weighted by Crippen LogP contribution is -2.33. The van der Waals surface area contributed by atoms with Crippen molar-refractivity contribution in [3.63, 3.8) is 0 Å². The Labute approximate surface area is 118 Å². The number of aryl methyl sites for hydroxylation is 2. The van der Waals surface area contributed by atoms with Crippen LogP contribution in [0.15, 0.2) is 59.4 Å². The summed E-state index contributed by atoms with van der Waals surface area (Å²) < 4.78 is 7.38. The van der Waals surface area contributed by atoms with Crippen LogP contribution in [0.3, 0.4) is 0 Å². The van der Waals surface area contributed by atoms with Crippen LogP contribution >= 0.6 is 0 Å². The second-order valence-electron chi connectivity index (χ2n) is 4.93. The van der Waals surface area contributed by atoms with Crippen LogP contribution in [0.2, 0.25) is 0 Å². The number of rotatable bonds is 3. The van der Waals surface area contributed by atoms with Gasteiger partial charge in [0.15, 0.2) is 18.9 Å². The van der Waals surface area contributed by atoms with Crippen molar-refractivity contribution in [1.82, 2.24) is 5.16 Å². The van der Waals surface area contributed by atoms with E-state index in [1.165, 1.54) is 11.1 Å². The fourth-order valence-electron chi connectivity index (χ4n) is 2.33. The highest BCUT2D eigenvalue weighted by Crippen LogP contribution is 2.17. The van der Waals surface area contributed by atoms with Crippen LogP contribution in [0.1, 0.15) is 17.0 Å². The zero-order valence-electron chi connectivity index (χ0n) is 11.7. The minimum atomic E-state index is 0.780. The van der Waals surface area contributed by atoms with Gasteiger partial charge < -0.3 is 4.52 Å². The molecule has 3 rings (SSSR count). The number of hydrogen-bond acceptors (Lipinski definition) is 2. The zero-order chi connectivity index (χ0) is 13.9. The molecule has 1 aromatic carbocycles. The highest BCUT2D eigenvalue weighted by Gasteiger charge is 2.14. The third-order valence-corrected chi connectivity index (χ3v) is 3.49. The van der Waals surface area contributed by atoms with Crippen LogP contribution in [-0.2, 0) is 6.54 Å². The van der Waals surface area contributed by atoms with E-state index in [1.807, 2.05) is 19.9 Å². The molecular formula is C17H17N2O+. The maximum Gasteiger partial charge on any atom is 0.179 e. The summed E-state index contributed by atoms with van der Waals surface area (Å²) in [5.74, 6) is 0.889. The molecule has 0 amide bonds. The molecule has 0 radical (unpaired) electrons. The van der Waals surface area contributed by atoms with E-state index in [-0.39, 0.29) is 0 Å². The first-order valence-corrected chi connectivity index (χ1v) is 6.70.